The Bertz CT molecular complexity index is 343. The Morgan fingerprint density at radius 2 is 2.31 bits per heavy atom. The number of aryl methyl sites for hydroxylation is 1. The number of rotatable bonds is 3. The van der Waals surface area contributed by atoms with Gasteiger partial charge in [-0.2, -0.15) is 0 Å². The molecule has 1 fully saturated rings. The summed E-state index contributed by atoms with van der Waals surface area (Å²) in [6.07, 6.45) is 2.60. The van der Waals surface area contributed by atoms with E-state index in [-0.39, 0.29) is 0 Å². The first-order valence-corrected chi connectivity index (χ1v) is 6.25. The van der Waals surface area contributed by atoms with Crippen molar-refractivity contribution >= 4 is 0 Å². The highest BCUT2D eigenvalue weighted by Crippen LogP contribution is 2.28. The third-order valence-corrected chi connectivity index (χ3v) is 3.29. The quantitative estimate of drug-likeness (QED) is 0.844. The number of piperidine rings is 1. The van der Waals surface area contributed by atoms with Crippen molar-refractivity contribution in [1.82, 2.24) is 5.32 Å². The number of benzene rings is 1. The van der Waals surface area contributed by atoms with Crippen LogP contribution in [0.3, 0.4) is 0 Å². The Labute approximate surface area is 98.0 Å². The molecule has 2 heteroatoms. The first-order valence-electron chi connectivity index (χ1n) is 6.25. The van der Waals surface area contributed by atoms with E-state index in [1.165, 1.54) is 30.5 Å². The van der Waals surface area contributed by atoms with Gasteiger partial charge < -0.3 is 10.1 Å². The molecule has 1 atom stereocenters. The van der Waals surface area contributed by atoms with Crippen LogP contribution in [0.25, 0.3) is 0 Å². The second kappa shape index (κ2) is 5.35. The normalized spacial score (nSPS) is 20.8. The molecule has 0 amide bonds. The lowest BCUT2D eigenvalue weighted by Gasteiger charge is -2.24. The fourth-order valence-electron chi connectivity index (χ4n) is 2.48. The van der Waals surface area contributed by atoms with Gasteiger partial charge in [-0.1, -0.05) is 6.07 Å². The molecule has 2 rings (SSSR count). The molecule has 1 N–H and O–H groups in total. The molecule has 16 heavy (non-hydrogen) atoms. The van der Waals surface area contributed by atoms with Crippen LogP contribution < -0.4 is 10.1 Å². The van der Waals surface area contributed by atoms with Gasteiger partial charge in [0.05, 0.1) is 6.61 Å². The van der Waals surface area contributed by atoms with Crippen molar-refractivity contribution in [3.63, 3.8) is 0 Å². The lowest BCUT2D eigenvalue weighted by Crippen LogP contribution is -2.28. The average Bonchev–Trinajstić information content (AvgIpc) is 2.31. The molecule has 1 aliphatic rings. The smallest absolute Gasteiger partial charge is 0.119 e. The largest absolute Gasteiger partial charge is 0.494 e. The van der Waals surface area contributed by atoms with E-state index in [0.717, 1.165) is 18.9 Å². The predicted octanol–water partition coefficient (Wildman–Crippen LogP) is 2.86. The highest BCUT2D eigenvalue weighted by Gasteiger charge is 2.16. The van der Waals surface area contributed by atoms with Crippen LogP contribution in [0.15, 0.2) is 18.2 Å². The molecule has 0 aromatic heterocycles. The molecule has 1 aromatic rings. The second-order valence-corrected chi connectivity index (χ2v) is 4.49. The van der Waals surface area contributed by atoms with Gasteiger partial charge in [-0.15, -0.1) is 0 Å². The molecule has 2 nitrogen and oxygen atoms in total. The van der Waals surface area contributed by atoms with Gasteiger partial charge in [-0.25, -0.2) is 0 Å². The molecule has 88 valence electrons. The average molecular weight is 219 g/mol. The first kappa shape index (κ1) is 11.5. The minimum atomic E-state index is 0.685. The maximum absolute atomic E-state index is 5.51. The topological polar surface area (TPSA) is 21.3 Å². The lowest BCUT2D eigenvalue weighted by molar-refractivity contribution is 0.339. The van der Waals surface area contributed by atoms with E-state index in [0.29, 0.717) is 5.92 Å². The summed E-state index contributed by atoms with van der Waals surface area (Å²) < 4.78 is 5.51. The summed E-state index contributed by atoms with van der Waals surface area (Å²) in [7, 11) is 0. The predicted molar refractivity (Wildman–Crippen MR) is 67.2 cm³/mol. The summed E-state index contributed by atoms with van der Waals surface area (Å²) >= 11 is 0. The van der Waals surface area contributed by atoms with E-state index < -0.39 is 0 Å². The zero-order valence-electron chi connectivity index (χ0n) is 10.3. The van der Waals surface area contributed by atoms with Crippen molar-refractivity contribution in [2.75, 3.05) is 19.7 Å². The third-order valence-electron chi connectivity index (χ3n) is 3.29. The molecule has 1 heterocycles. The van der Waals surface area contributed by atoms with Gasteiger partial charge >= 0.3 is 0 Å². The Morgan fingerprint density at radius 1 is 1.44 bits per heavy atom. The monoisotopic (exact) mass is 219 g/mol. The van der Waals surface area contributed by atoms with Gasteiger partial charge in [-0.3, -0.25) is 0 Å². The molecule has 0 saturated carbocycles. The zero-order chi connectivity index (χ0) is 11.4. The summed E-state index contributed by atoms with van der Waals surface area (Å²) in [5, 5.41) is 3.47. The van der Waals surface area contributed by atoms with Crippen LogP contribution >= 0.6 is 0 Å². The first-order chi connectivity index (χ1) is 7.81. The van der Waals surface area contributed by atoms with E-state index >= 15 is 0 Å². The van der Waals surface area contributed by atoms with Crippen LogP contribution in [-0.2, 0) is 0 Å². The highest BCUT2D eigenvalue weighted by molar-refractivity contribution is 5.37. The fourth-order valence-corrected chi connectivity index (χ4v) is 2.48. The van der Waals surface area contributed by atoms with Gasteiger partial charge in [-0.05, 0) is 62.4 Å². The molecular formula is C14H21NO. The molecule has 0 radical (unpaired) electrons. The fraction of sp³-hybridized carbons (Fsp3) is 0.571. The number of ether oxygens (including phenoxy) is 1. The molecule has 0 spiro atoms. The Morgan fingerprint density at radius 3 is 2.94 bits per heavy atom. The van der Waals surface area contributed by atoms with Crippen LogP contribution in [0, 0.1) is 6.92 Å². The van der Waals surface area contributed by atoms with E-state index in [2.05, 4.69) is 30.4 Å². The van der Waals surface area contributed by atoms with Crippen molar-refractivity contribution in [2.45, 2.75) is 32.6 Å². The van der Waals surface area contributed by atoms with Gasteiger partial charge in [0.1, 0.15) is 5.75 Å². The van der Waals surface area contributed by atoms with Gasteiger partial charge in [0.15, 0.2) is 0 Å². The van der Waals surface area contributed by atoms with Crippen LogP contribution in [0.5, 0.6) is 5.75 Å². The molecule has 0 bridgehead atoms. The lowest BCUT2D eigenvalue weighted by atomic mass is 9.89. The summed E-state index contributed by atoms with van der Waals surface area (Å²) in [6.45, 7) is 7.24. The number of nitrogens with one attached hydrogen (secondary N) is 1. The molecule has 0 aliphatic carbocycles. The SMILES string of the molecule is CCOc1ccc([C@H]2CCCNC2)c(C)c1. The van der Waals surface area contributed by atoms with Gasteiger partial charge in [0, 0.05) is 6.54 Å². The molecule has 1 aliphatic heterocycles. The summed E-state index contributed by atoms with van der Waals surface area (Å²) in [5.74, 6) is 1.68. The van der Waals surface area contributed by atoms with Crippen molar-refractivity contribution < 1.29 is 4.74 Å². The second-order valence-electron chi connectivity index (χ2n) is 4.49. The number of hydrogen-bond acceptors (Lipinski definition) is 2. The molecular weight excluding hydrogens is 198 g/mol. The third kappa shape index (κ3) is 2.56. The summed E-state index contributed by atoms with van der Waals surface area (Å²) in [4.78, 5) is 0. The summed E-state index contributed by atoms with van der Waals surface area (Å²) in [6, 6.07) is 6.49. The molecule has 0 unspecified atom stereocenters. The Hall–Kier alpha value is -1.02. The zero-order valence-corrected chi connectivity index (χ0v) is 10.3. The van der Waals surface area contributed by atoms with Crippen molar-refractivity contribution in [3.8, 4) is 5.75 Å². The number of hydrogen-bond donors (Lipinski definition) is 1. The van der Waals surface area contributed by atoms with Crippen LogP contribution in [0.4, 0.5) is 0 Å². The standard InChI is InChI=1S/C14H21NO/c1-3-16-13-6-7-14(11(2)9-13)12-5-4-8-15-10-12/h6-7,9,12,15H,3-5,8,10H2,1-2H3/t12-/m0/s1. The van der Waals surface area contributed by atoms with Crippen molar-refractivity contribution in [1.29, 1.82) is 0 Å². The Balaban J connectivity index is 2.14. The summed E-state index contributed by atoms with van der Waals surface area (Å²) in [5.41, 5.74) is 2.84. The van der Waals surface area contributed by atoms with E-state index in [1.54, 1.807) is 0 Å². The maximum atomic E-state index is 5.51. The van der Waals surface area contributed by atoms with Crippen LogP contribution in [0.1, 0.15) is 36.8 Å². The van der Waals surface area contributed by atoms with E-state index in [1.807, 2.05) is 6.92 Å². The highest BCUT2D eigenvalue weighted by atomic mass is 16.5. The molecule has 1 saturated heterocycles. The van der Waals surface area contributed by atoms with Gasteiger partial charge in [0.2, 0.25) is 0 Å². The van der Waals surface area contributed by atoms with E-state index in [9.17, 15) is 0 Å². The van der Waals surface area contributed by atoms with Gasteiger partial charge in [0.25, 0.3) is 0 Å². The molecule has 1 aromatic carbocycles. The maximum Gasteiger partial charge on any atom is 0.119 e. The van der Waals surface area contributed by atoms with E-state index in [4.69, 9.17) is 4.74 Å². The van der Waals surface area contributed by atoms with Crippen molar-refractivity contribution in [3.05, 3.63) is 29.3 Å². The Kier molecular flexibility index (Phi) is 3.83. The van der Waals surface area contributed by atoms with Crippen LogP contribution in [0.2, 0.25) is 0 Å². The van der Waals surface area contributed by atoms with Crippen molar-refractivity contribution in [2.24, 2.45) is 0 Å². The minimum Gasteiger partial charge on any atom is -0.494 e. The van der Waals surface area contributed by atoms with Crippen LogP contribution in [-0.4, -0.2) is 19.7 Å². The minimum absolute atomic E-state index is 0.685.